The number of anilines is 2. The average Bonchev–Trinajstić information content (AvgIpc) is 3.25. The molecule has 1 aromatic heterocycles. The molecule has 0 bridgehead atoms. The Morgan fingerprint density at radius 1 is 1.32 bits per heavy atom. The van der Waals surface area contributed by atoms with Crippen LogP contribution in [-0.4, -0.2) is 45.4 Å². The summed E-state index contributed by atoms with van der Waals surface area (Å²) in [6.07, 6.45) is 2.41. The van der Waals surface area contributed by atoms with E-state index in [1.54, 1.807) is 23.1 Å². The summed E-state index contributed by atoms with van der Waals surface area (Å²) in [5.41, 5.74) is 4.37. The number of rotatable bonds is 4. The Hall–Kier alpha value is -3.16. The first-order valence-electron chi connectivity index (χ1n) is 9.50. The van der Waals surface area contributed by atoms with Crippen molar-refractivity contribution in [3.8, 4) is 0 Å². The summed E-state index contributed by atoms with van der Waals surface area (Å²) in [5.74, 6) is -0.451. The summed E-state index contributed by atoms with van der Waals surface area (Å²) < 4.78 is 0. The molecule has 3 N–H and O–H groups in total. The molecule has 146 valence electrons. The molecular formula is C20H23N5O3. The topological polar surface area (TPSA) is 107 Å². The van der Waals surface area contributed by atoms with Crippen molar-refractivity contribution in [2.24, 2.45) is 0 Å². The lowest BCUT2D eigenvalue weighted by atomic mass is 10.1. The van der Waals surface area contributed by atoms with Crippen molar-refractivity contribution in [2.45, 2.75) is 45.6 Å². The first-order chi connectivity index (χ1) is 13.4. The van der Waals surface area contributed by atoms with Crippen molar-refractivity contribution in [3.63, 3.8) is 0 Å². The molecule has 1 unspecified atom stereocenters. The third-order valence-electron chi connectivity index (χ3n) is 5.49. The second-order valence-electron chi connectivity index (χ2n) is 7.37. The van der Waals surface area contributed by atoms with Gasteiger partial charge < -0.3 is 15.5 Å². The van der Waals surface area contributed by atoms with Crippen molar-refractivity contribution < 1.29 is 14.4 Å². The fraction of sp³-hybridized carbons (Fsp3) is 0.400. The first kappa shape index (κ1) is 18.2. The van der Waals surface area contributed by atoms with E-state index in [-0.39, 0.29) is 17.7 Å². The van der Waals surface area contributed by atoms with Gasteiger partial charge in [-0.25, -0.2) is 0 Å². The smallest absolute Gasteiger partial charge is 0.256 e. The zero-order valence-corrected chi connectivity index (χ0v) is 16.0. The Balaban J connectivity index is 1.48. The Morgan fingerprint density at radius 3 is 2.89 bits per heavy atom. The second-order valence-corrected chi connectivity index (χ2v) is 7.37. The predicted molar refractivity (Wildman–Crippen MR) is 104 cm³/mol. The number of benzene rings is 1. The highest BCUT2D eigenvalue weighted by Crippen LogP contribution is 2.30. The molecule has 3 heterocycles. The van der Waals surface area contributed by atoms with Crippen LogP contribution in [0.5, 0.6) is 0 Å². The molecule has 0 spiro atoms. The predicted octanol–water partition coefficient (Wildman–Crippen LogP) is 2.15. The molecule has 3 amide bonds. The van der Waals surface area contributed by atoms with Gasteiger partial charge in [0.25, 0.3) is 5.91 Å². The van der Waals surface area contributed by atoms with Crippen LogP contribution in [0.15, 0.2) is 18.2 Å². The Morgan fingerprint density at radius 2 is 2.14 bits per heavy atom. The van der Waals surface area contributed by atoms with Crippen molar-refractivity contribution in [2.75, 3.05) is 17.2 Å². The summed E-state index contributed by atoms with van der Waals surface area (Å²) in [6, 6.07) is 4.62. The summed E-state index contributed by atoms with van der Waals surface area (Å²) >= 11 is 0. The van der Waals surface area contributed by atoms with Gasteiger partial charge in [0.05, 0.1) is 16.9 Å². The highest BCUT2D eigenvalue weighted by molar-refractivity contribution is 6.11. The maximum absolute atomic E-state index is 12.9. The number of aryl methyl sites for hydroxylation is 2. The van der Waals surface area contributed by atoms with Crippen LogP contribution in [0.1, 0.15) is 46.6 Å². The van der Waals surface area contributed by atoms with E-state index in [2.05, 4.69) is 20.8 Å². The van der Waals surface area contributed by atoms with Crippen LogP contribution in [0, 0.1) is 13.8 Å². The van der Waals surface area contributed by atoms with Crippen molar-refractivity contribution in [1.29, 1.82) is 0 Å². The SMILES string of the molecule is Cc1n[nH]c(C)c1CCC(=O)Nc1ccc2c(c1)C(=O)N1CCCC1C(=O)N2. The number of nitrogens with one attached hydrogen (secondary N) is 3. The molecule has 0 saturated carbocycles. The highest BCUT2D eigenvalue weighted by atomic mass is 16.2. The van der Waals surface area contributed by atoms with E-state index in [0.717, 1.165) is 23.4 Å². The molecule has 0 radical (unpaired) electrons. The molecule has 4 rings (SSSR count). The minimum atomic E-state index is -0.403. The number of hydrogen-bond acceptors (Lipinski definition) is 4. The molecule has 2 aliphatic heterocycles. The summed E-state index contributed by atoms with van der Waals surface area (Å²) in [6.45, 7) is 4.43. The number of H-pyrrole nitrogens is 1. The number of carbonyl (C=O) groups is 3. The van der Waals surface area contributed by atoms with Crippen molar-refractivity contribution in [3.05, 3.63) is 40.7 Å². The third-order valence-corrected chi connectivity index (χ3v) is 5.49. The lowest BCUT2D eigenvalue weighted by Crippen LogP contribution is -2.40. The lowest BCUT2D eigenvalue weighted by Gasteiger charge is -2.20. The van der Waals surface area contributed by atoms with Crippen LogP contribution >= 0.6 is 0 Å². The molecule has 8 heteroatoms. The van der Waals surface area contributed by atoms with Gasteiger partial charge in [-0.3, -0.25) is 19.5 Å². The van der Waals surface area contributed by atoms with E-state index in [0.29, 0.717) is 42.7 Å². The number of nitrogens with zero attached hydrogens (tertiary/aromatic N) is 2. The van der Waals surface area contributed by atoms with Gasteiger partial charge in [-0.1, -0.05) is 0 Å². The van der Waals surface area contributed by atoms with Gasteiger partial charge in [-0.2, -0.15) is 5.10 Å². The maximum Gasteiger partial charge on any atom is 0.256 e. The van der Waals surface area contributed by atoms with Crippen LogP contribution in [0.4, 0.5) is 11.4 Å². The monoisotopic (exact) mass is 381 g/mol. The van der Waals surface area contributed by atoms with Gasteiger partial charge in [0.15, 0.2) is 0 Å². The van der Waals surface area contributed by atoms with Gasteiger partial charge in [0, 0.05) is 24.3 Å². The first-order valence-corrected chi connectivity index (χ1v) is 9.50. The zero-order valence-electron chi connectivity index (χ0n) is 16.0. The molecular weight excluding hydrogens is 358 g/mol. The quantitative estimate of drug-likeness (QED) is 0.754. The van der Waals surface area contributed by atoms with E-state index in [1.807, 2.05) is 13.8 Å². The van der Waals surface area contributed by atoms with Crippen molar-refractivity contribution in [1.82, 2.24) is 15.1 Å². The molecule has 1 saturated heterocycles. The van der Waals surface area contributed by atoms with Crippen molar-refractivity contribution >= 4 is 29.1 Å². The number of aromatic amines is 1. The number of aromatic nitrogens is 2. The van der Waals surface area contributed by atoms with E-state index in [4.69, 9.17) is 0 Å². The van der Waals surface area contributed by atoms with Crippen LogP contribution in [0.2, 0.25) is 0 Å². The van der Waals surface area contributed by atoms with Crippen LogP contribution in [-0.2, 0) is 16.0 Å². The van der Waals surface area contributed by atoms with Gasteiger partial charge in [0.2, 0.25) is 11.8 Å². The normalized spacial score (nSPS) is 18.4. The van der Waals surface area contributed by atoms with Gasteiger partial charge in [-0.15, -0.1) is 0 Å². The van der Waals surface area contributed by atoms with E-state index in [1.165, 1.54) is 0 Å². The minimum absolute atomic E-state index is 0.135. The highest BCUT2D eigenvalue weighted by Gasteiger charge is 2.38. The molecule has 1 atom stereocenters. The standard InChI is InChI=1S/C20H23N5O3/c1-11-14(12(2)24-23-11)6-8-18(26)21-13-5-7-16-15(10-13)20(28)25-9-3-4-17(25)19(27)22-16/h5,7,10,17H,3-4,6,8-9H2,1-2H3,(H,21,26)(H,22,27)(H,23,24). The third kappa shape index (κ3) is 3.26. The fourth-order valence-corrected chi connectivity index (χ4v) is 3.97. The Bertz CT molecular complexity index is 945. The zero-order chi connectivity index (χ0) is 19.8. The van der Waals surface area contributed by atoms with Gasteiger partial charge in [-0.05, 0) is 56.9 Å². The second kappa shape index (κ2) is 7.10. The Kier molecular flexibility index (Phi) is 4.62. The Labute approximate surface area is 162 Å². The minimum Gasteiger partial charge on any atom is -0.327 e. The van der Waals surface area contributed by atoms with E-state index < -0.39 is 6.04 Å². The molecule has 0 aliphatic carbocycles. The molecule has 2 aliphatic rings. The molecule has 1 fully saturated rings. The average molecular weight is 381 g/mol. The fourth-order valence-electron chi connectivity index (χ4n) is 3.97. The molecule has 28 heavy (non-hydrogen) atoms. The van der Waals surface area contributed by atoms with Crippen LogP contribution < -0.4 is 10.6 Å². The lowest BCUT2D eigenvalue weighted by molar-refractivity contribution is -0.119. The van der Waals surface area contributed by atoms with E-state index in [9.17, 15) is 14.4 Å². The van der Waals surface area contributed by atoms with Crippen LogP contribution in [0.3, 0.4) is 0 Å². The largest absolute Gasteiger partial charge is 0.327 e. The number of amides is 3. The summed E-state index contributed by atoms with van der Waals surface area (Å²) in [7, 11) is 0. The maximum atomic E-state index is 12.9. The summed E-state index contributed by atoms with van der Waals surface area (Å²) in [5, 5.41) is 12.8. The number of carbonyl (C=O) groups excluding carboxylic acids is 3. The van der Waals surface area contributed by atoms with Crippen LogP contribution in [0.25, 0.3) is 0 Å². The number of hydrogen-bond donors (Lipinski definition) is 3. The van der Waals surface area contributed by atoms with E-state index >= 15 is 0 Å². The molecule has 2 aromatic rings. The van der Waals surface area contributed by atoms with Gasteiger partial charge in [0.1, 0.15) is 6.04 Å². The molecule has 8 nitrogen and oxygen atoms in total. The molecule has 1 aromatic carbocycles. The van der Waals surface area contributed by atoms with Gasteiger partial charge >= 0.3 is 0 Å². The number of fused-ring (bicyclic) bond motifs is 2. The summed E-state index contributed by atoms with van der Waals surface area (Å²) in [4.78, 5) is 39.2.